The molecule has 6 heteroatoms. The number of carboxylic acids is 1. The summed E-state index contributed by atoms with van der Waals surface area (Å²) >= 11 is 0. The molecular weight excluding hydrogens is 184 g/mol. The second-order valence-corrected chi connectivity index (χ2v) is 2.52. The van der Waals surface area contributed by atoms with Crippen LogP contribution in [0, 0.1) is 11.3 Å². The minimum absolute atomic E-state index is 0.0863. The average molecular weight is 192 g/mol. The molecule has 1 aromatic rings. The van der Waals surface area contributed by atoms with Crippen molar-refractivity contribution in [2.24, 2.45) is 0 Å². The first-order valence-electron chi connectivity index (χ1n) is 3.90. The van der Waals surface area contributed by atoms with Gasteiger partial charge in [-0.1, -0.05) is 6.92 Å². The van der Waals surface area contributed by atoms with E-state index in [9.17, 15) is 4.79 Å². The van der Waals surface area contributed by atoms with Crippen molar-refractivity contribution in [2.75, 3.05) is 5.73 Å². The summed E-state index contributed by atoms with van der Waals surface area (Å²) in [5.74, 6) is -1.04. The number of nitrogens with zero attached hydrogens (tertiary/aromatic N) is 3. The third-order valence-corrected chi connectivity index (χ3v) is 1.61. The van der Waals surface area contributed by atoms with Gasteiger partial charge in [0.15, 0.2) is 5.69 Å². The van der Waals surface area contributed by atoms with Gasteiger partial charge in [0.1, 0.15) is 23.3 Å². The monoisotopic (exact) mass is 192 g/mol. The summed E-state index contributed by atoms with van der Waals surface area (Å²) in [5.41, 5.74) is 4.89. The van der Waals surface area contributed by atoms with Gasteiger partial charge in [-0.05, 0) is 0 Å². The van der Waals surface area contributed by atoms with Crippen LogP contribution in [0.25, 0.3) is 0 Å². The fourth-order valence-electron chi connectivity index (χ4n) is 0.949. The van der Waals surface area contributed by atoms with Crippen LogP contribution in [-0.4, -0.2) is 21.0 Å². The van der Waals surface area contributed by atoms with Crippen molar-refractivity contribution >= 4 is 11.8 Å². The predicted molar refractivity (Wildman–Crippen MR) is 47.5 cm³/mol. The first kappa shape index (κ1) is 9.92. The number of nitrogens with two attached hydrogens (primary N) is 1. The van der Waals surface area contributed by atoms with Crippen molar-refractivity contribution in [3.63, 3.8) is 0 Å². The molecule has 6 nitrogen and oxygen atoms in total. The van der Waals surface area contributed by atoms with Crippen LogP contribution in [0.15, 0.2) is 0 Å². The van der Waals surface area contributed by atoms with E-state index in [2.05, 4.69) is 9.97 Å². The second kappa shape index (κ2) is 3.70. The number of nitrogen functional groups attached to an aromatic ring is 1. The Morgan fingerprint density at radius 1 is 1.64 bits per heavy atom. The number of aromatic carboxylic acids is 1. The topological polar surface area (TPSA) is 113 Å². The van der Waals surface area contributed by atoms with Crippen LogP contribution in [0.1, 0.15) is 28.8 Å². The number of nitriles is 1. The van der Waals surface area contributed by atoms with Crippen molar-refractivity contribution in [3.8, 4) is 6.07 Å². The number of hydrogen-bond acceptors (Lipinski definition) is 5. The Morgan fingerprint density at radius 3 is 2.71 bits per heavy atom. The van der Waals surface area contributed by atoms with Crippen LogP contribution < -0.4 is 5.73 Å². The Bertz CT molecular complexity index is 422. The Kier molecular flexibility index (Phi) is 2.62. The van der Waals surface area contributed by atoms with E-state index < -0.39 is 5.97 Å². The first-order valence-corrected chi connectivity index (χ1v) is 3.90. The number of carboxylic acid groups (broad SMARTS) is 1. The molecule has 0 bridgehead atoms. The lowest BCUT2D eigenvalue weighted by atomic mass is 10.2. The number of anilines is 1. The van der Waals surface area contributed by atoms with E-state index >= 15 is 0 Å². The molecule has 0 aliphatic heterocycles. The summed E-state index contributed by atoms with van der Waals surface area (Å²) in [6, 6.07) is 1.67. The zero-order chi connectivity index (χ0) is 10.7. The van der Waals surface area contributed by atoms with Crippen LogP contribution in [0.4, 0.5) is 5.82 Å². The summed E-state index contributed by atoms with van der Waals surface area (Å²) < 4.78 is 0. The van der Waals surface area contributed by atoms with Gasteiger partial charge in [0, 0.05) is 6.42 Å². The van der Waals surface area contributed by atoms with E-state index in [1.165, 1.54) is 0 Å². The maximum absolute atomic E-state index is 10.7. The number of hydrogen-bond donors (Lipinski definition) is 2. The molecule has 0 aromatic carbocycles. The van der Waals surface area contributed by atoms with Gasteiger partial charge in [-0.25, -0.2) is 14.8 Å². The smallest absolute Gasteiger partial charge is 0.356 e. The fourth-order valence-corrected chi connectivity index (χ4v) is 0.949. The fraction of sp³-hybridized carbons (Fsp3) is 0.250. The minimum Gasteiger partial charge on any atom is -0.476 e. The van der Waals surface area contributed by atoms with E-state index in [0.717, 1.165) is 0 Å². The normalized spacial score (nSPS) is 9.43. The van der Waals surface area contributed by atoms with Crippen LogP contribution in [0.3, 0.4) is 0 Å². The van der Waals surface area contributed by atoms with Crippen LogP contribution in [-0.2, 0) is 6.42 Å². The van der Waals surface area contributed by atoms with Crippen LogP contribution in [0.5, 0.6) is 0 Å². The van der Waals surface area contributed by atoms with Crippen LogP contribution >= 0.6 is 0 Å². The molecule has 0 radical (unpaired) electrons. The number of aromatic nitrogens is 2. The Labute approximate surface area is 80.0 Å². The maximum atomic E-state index is 10.7. The van der Waals surface area contributed by atoms with E-state index in [1.807, 2.05) is 0 Å². The van der Waals surface area contributed by atoms with Crippen LogP contribution in [0.2, 0.25) is 0 Å². The molecule has 0 fully saturated rings. The molecule has 0 saturated heterocycles. The molecule has 72 valence electrons. The molecule has 1 heterocycles. The SMILES string of the molecule is CCc1nc(N)c(C#N)c(C(=O)O)n1. The number of aryl methyl sites for hydroxylation is 1. The molecular formula is C8H8N4O2. The summed E-state index contributed by atoms with van der Waals surface area (Å²) in [6.07, 6.45) is 0.468. The molecule has 0 atom stereocenters. The van der Waals surface area contributed by atoms with Gasteiger partial charge in [0.05, 0.1) is 0 Å². The third kappa shape index (κ3) is 1.61. The van der Waals surface area contributed by atoms with E-state index in [1.54, 1.807) is 13.0 Å². The van der Waals surface area contributed by atoms with E-state index in [-0.39, 0.29) is 17.1 Å². The van der Waals surface area contributed by atoms with E-state index in [0.29, 0.717) is 12.2 Å². The number of carbonyl (C=O) groups is 1. The third-order valence-electron chi connectivity index (χ3n) is 1.61. The lowest BCUT2D eigenvalue weighted by Crippen LogP contribution is -2.11. The first-order chi connectivity index (χ1) is 6.60. The Morgan fingerprint density at radius 2 is 2.29 bits per heavy atom. The van der Waals surface area contributed by atoms with Gasteiger partial charge >= 0.3 is 5.97 Å². The van der Waals surface area contributed by atoms with Crippen molar-refractivity contribution < 1.29 is 9.90 Å². The standard InChI is InChI=1S/C8H8N4O2/c1-2-5-11-6(8(13)14)4(3-9)7(10)12-5/h2H2,1H3,(H,13,14)(H2,10,11,12). The second-order valence-electron chi connectivity index (χ2n) is 2.52. The maximum Gasteiger partial charge on any atom is 0.356 e. The Hall–Kier alpha value is -2.16. The molecule has 0 amide bonds. The van der Waals surface area contributed by atoms with Crippen molar-refractivity contribution in [1.82, 2.24) is 9.97 Å². The number of rotatable bonds is 2. The highest BCUT2D eigenvalue weighted by Gasteiger charge is 2.17. The van der Waals surface area contributed by atoms with E-state index in [4.69, 9.17) is 16.1 Å². The Balaban J connectivity index is 3.45. The van der Waals surface area contributed by atoms with Gasteiger partial charge in [-0.15, -0.1) is 0 Å². The quantitative estimate of drug-likeness (QED) is 0.691. The predicted octanol–water partition coefficient (Wildman–Crippen LogP) is 0.191. The van der Waals surface area contributed by atoms with Gasteiger partial charge in [-0.2, -0.15) is 5.26 Å². The summed E-state index contributed by atoms with van der Waals surface area (Å²) in [4.78, 5) is 18.2. The average Bonchev–Trinajstić information content (AvgIpc) is 2.16. The summed E-state index contributed by atoms with van der Waals surface area (Å²) in [6.45, 7) is 1.77. The highest BCUT2D eigenvalue weighted by molar-refractivity contribution is 5.89. The highest BCUT2D eigenvalue weighted by atomic mass is 16.4. The minimum atomic E-state index is -1.27. The van der Waals surface area contributed by atoms with Gasteiger partial charge in [0.25, 0.3) is 0 Å². The molecule has 0 saturated carbocycles. The lowest BCUT2D eigenvalue weighted by molar-refractivity contribution is 0.0689. The molecule has 0 unspecified atom stereocenters. The van der Waals surface area contributed by atoms with Crippen molar-refractivity contribution in [2.45, 2.75) is 13.3 Å². The zero-order valence-corrected chi connectivity index (χ0v) is 7.48. The lowest BCUT2D eigenvalue weighted by Gasteiger charge is -2.03. The molecule has 0 spiro atoms. The highest BCUT2D eigenvalue weighted by Crippen LogP contribution is 2.12. The van der Waals surface area contributed by atoms with Crippen molar-refractivity contribution in [3.05, 3.63) is 17.1 Å². The van der Waals surface area contributed by atoms with Gasteiger partial charge < -0.3 is 10.8 Å². The largest absolute Gasteiger partial charge is 0.476 e. The van der Waals surface area contributed by atoms with Crippen molar-refractivity contribution in [1.29, 1.82) is 5.26 Å². The molecule has 0 aliphatic rings. The summed E-state index contributed by atoms with van der Waals surface area (Å²) in [5, 5.41) is 17.4. The molecule has 0 aliphatic carbocycles. The zero-order valence-electron chi connectivity index (χ0n) is 7.48. The summed E-state index contributed by atoms with van der Waals surface area (Å²) in [7, 11) is 0. The molecule has 1 rings (SSSR count). The van der Waals surface area contributed by atoms with Gasteiger partial charge in [-0.3, -0.25) is 0 Å². The molecule has 1 aromatic heterocycles. The molecule has 3 N–H and O–H groups in total. The van der Waals surface area contributed by atoms with Gasteiger partial charge in [0.2, 0.25) is 0 Å². The molecule has 14 heavy (non-hydrogen) atoms.